The van der Waals surface area contributed by atoms with Crippen molar-refractivity contribution in [1.82, 2.24) is 4.98 Å². The Balaban J connectivity index is 1.95. The Kier molecular flexibility index (Phi) is 4.86. The number of carbonyl (C=O) groups excluding carboxylic acids is 1. The Morgan fingerprint density at radius 3 is 2.34 bits per heavy atom. The maximum Gasteiger partial charge on any atom is 0.160 e. The normalized spacial score (nSPS) is 16.2. The first-order valence-electron chi connectivity index (χ1n) is 9.41. The fourth-order valence-corrected chi connectivity index (χ4v) is 4.91. The number of aromatic nitrogens is 1. The third kappa shape index (κ3) is 3.87. The predicted octanol–water partition coefficient (Wildman–Crippen LogP) is 3.79. The molecule has 0 N–H and O–H groups in total. The summed E-state index contributed by atoms with van der Waals surface area (Å²) >= 11 is 0. The molecule has 0 radical (unpaired) electrons. The van der Waals surface area contributed by atoms with Crippen LogP contribution in [-0.4, -0.2) is 43.8 Å². The van der Waals surface area contributed by atoms with Crippen LogP contribution in [-0.2, 0) is 9.84 Å². The Hall–Kier alpha value is -2.80. The molecule has 5 nitrogen and oxygen atoms in total. The summed E-state index contributed by atoms with van der Waals surface area (Å²) in [5.41, 5.74) is 3.72. The van der Waals surface area contributed by atoms with E-state index < -0.39 is 9.84 Å². The molecule has 1 fully saturated rings. The Morgan fingerprint density at radius 2 is 1.72 bits per heavy atom. The van der Waals surface area contributed by atoms with E-state index in [4.69, 9.17) is 4.98 Å². The van der Waals surface area contributed by atoms with Gasteiger partial charge in [-0.3, -0.25) is 4.79 Å². The van der Waals surface area contributed by atoms with Crippen molar-refractivity contribution in [2.75, 3.05) is 29.5 Å². The van der Waals surface area contributed by atoms with Crippen molar-refractivity contribution in [3.63, 3.8) is 0 Å². The Morgan fingerprint density at radius 1 is 1.07 bits per heavy atom. The molecule has 0 aliphatic carbocycles. The number of fused-ring (bicyclic) bond motifs is 1. The Bertz CT molecular complexity index is 1210. The summed E-state index contributed by atoms with van der Waals surface area (Å²) in [4.78, 5) is 19.0. The van der Waals surface area contributed by atoms with Gasteiger partial charge in [0.2, 0.25) is 0 Å². The highest BCUT2D eigenvalue weighted by Crippen LogP contribution is 2.35. The minimum atomic E-state index is -3.04. The second-order valence-corrected chi connectivity index (χ2v) is 9.74. The number of carbonyl (C=O) groups is 1. The summed E-state index contributed by atoms with van der Waals surface area (Å²) in [6.45, 7) is 4.13. The summed E-state index contributed by atoms with van der Waals surface area (Å²) in [7, 11) is -3.04. The van der Waals surface area contributed by atoms with Gasteiger partial charge in [-0.1, -0.05) is 12.1 Å². The van der Waals surface area contributed by atoms with E-state index in [2.05, 4.69) is 0 Å². The zero-order valence-corrected chi connectivity index (χ0v) is 17.1. The molecule has 29 heavy (non-hydrogen) atoms. The SMILES string of the molecule is CC(=O)c1cc(C)cc2nc(N3CCS(=O)(=O)CC3)c(-c3ccc(F)cc3)cc12. The molecule has 0 atom stereocenters. The molecular weight excluding hydrogens is 391 g/mol. The van der Waals surface area contributed by atoms with Gasteiger partial charge < -0.3 is 4.90 Å². The van der Waals surface area contributed by atoms with Gasteiger partial charge in [-0.15, -0.1) is 0 Å². The maximum atomic E-state index is 13.5. The van der Waals surface area contributed by atoms with Crippen LogP contribution in [0.25, 0.3) is 22.0 Å². The van der Waals surface area contributed by atoms with Crippen LogP contribution in [0.5, 0.6) is 0 Å². The van der Waals surface area contributed by atoms with Crippen molar-refractivity contribution >= 4 is 32.3 Å². The van der Waals surface area contributed by atoms with Gasteiger partial charge in [0, 0.05) is 29.6 Å². The lowest BCUT2D eigenvalue weighted by Crippen LogP contribution is -2.41. The number of sulfone groups is 1. The number of nitrogens with zero attached hydrogens (tertiary/aromatic N) is 2. The first-order valence-corrected chi connectivity index (χ1v) is 11.2. The van der Waals surface area contributed by atoms with Crippen LogP contribution in [0.1, 0.15) is 22.8 Å². The first-order chi connectivity index (χ1) is 13.7. The van der Waals surface area contributed by atoms with Crippen molar-refractivity contribution < 1.29 is 17.6 Å². The smallest absolute Gasteiger partial charge is 0.160 e. The van der Waals surface area contributed by atoms with Crippen molar-refractivity contribution in [2.45, 2.75) is 13.8 Å². The fourth-order valence-electron chi connectivity index (χ4n) is 3.70. The number of pyridine rings is 1. The molecule has 3 aromatic rings. The molecule has 2 aromatic carbocycles. The predicted molar refractivity (Wildman–Crippen MR) is 113 cm³/mol. The molecule has 0 bridgehead atoms. The highest BCUT2D eigenvalue weighted by atomic mass is 32.2. The van der Waals surface area contributed by atoms with Crippen LogP contribution in [0, 0.1) is 12.7 Å². The van der Waals surface area contributed by atoms with Gasteiger partial charge in [0.1, 0.15) is 11.6 Å². The topological polar surface area (TPSA) is 67.3 Å². The highest BCUT2D eigenvalue weighted by Gasteiger charge is 2.25. The summed E-state index contributed by atoms with van der Waals surface area (Å²) in [6, 6.07) is 11.8. The summed E-state index contributed by atoms with van der Waals surface area (Å²) in [5.74, 6) is 0.402. The molecule has 0 amide bonds. The van der Waals surface area contributed by atoms with E-state index >= 15 is 0 Å². The van der Waals surface area contributed by atoms with E-state index in [-0.39, 0.29) is 23.1 Å². The van der Waals surface area contributed by atoms with Crippen LogP contribution < -0.4 is 4.90 Å². The second kappa shape index (κ2) is 7.22. The standard InChI is InChI=1S/C22H21FN2O3S/c1-14-11-18(15(2)26)20-13-19(16-3-5-17(23)6-4-16)22(24-21(20)12-14)25-7-9-29(27,28)10-8-25/h3-6,11-13H,7-10H2,1-2H3. The van der Waals surface area contributed by atoms with Gasteiger partial charge in [0.05, 0.1) is 17.0 Å². The van der Waals surface area contributed by atoms with E-state index in [0.717, 1.165) is 22.1 Å². The van der Waals surface area contributed by atoms with Crippen LogP contribution >= 0.6 is 0 Å². The number of Topliss-reactive ketones (excluding diaryl/α,β-unsaturated/α-hetero) is 1. The number of halogens is 1. The van der Waals surface area contributed by atoms with Crippen LogP contribution in [0.3, 0.4) is 0 Å². The van der Waals surface area contributed by atoms with Crippen LogP contribution in [0.15, 0.2) is 42.5 Å². The van der Waals surface area contributed by atoms with E-state index in [1.165, 1.54) is 19.1 Å². The quantitative estimate of drug-likeness (QED) is 0.613. The third-order valence-corrected chi connectivity index (χ3v) is 6.85. The van der Waals surface area contributed by atoms with Crippen LogP contribution in [0.2, 0.25) is 0 Å². The summed E-state index contributed by atoms with van der Waals surface area (Å²) in [5, 5.41) is 0.732. The van der Waals surface area contributed by atoms with Crippen molar-refractivity contribution in [3.05, 3.63) is 59.4 Å². The van der Waals surface area contributed by atoms with E-state index in [1.807, 2.05) is 30.0 Å². The molecule has 1 aliphatic heterocycles. The van der Waals surface area contributed by atoms with Gasteiger partial charge >= 0.3 is 0 Å². The molecule has 1 aliphatic rings. The third-order valence-electron chi connectivity index (χ3n) is 5.24. The average molecular weight is 412 g/mol. The number of aryl methyl sites for hydroxylation is 1. The maximum absolute atomic E-state index is 13.5. The number of anilines is 1. The molecule has 150 valence electrons. The van der Waals surface area contributed by atoms with Gasteiger partial charge in [0.25, 0.3) is 0 Å². The van der Waals surface area contributed by atoms with Crippen molar-refractivity contribution in [2.24, 2.45) is 0 Å². The van der Waals surface area contributed by atoms with E-state index in [0.29, 0.717) is 30.0 Å². The van der Waals surface area contributed by atoms with E-state index in [9.17, 15) is 17.6 Å². The van der Waals surface area contributed by atoms with Gasteiger partial charge in [-0.25, -0.2) is 17.8 Å². The van der Waals surface area contributed by atoms with Gasteiger partial charge in [-0.05, 0) is 55.3 Å². The van der Waals surface area contributed by atoms with Crippen molar-refractivity contribution in [3.8, 4) is 11.1 Å². The molecule has 0 spiro atoms. The number of hydrogen-bond acceptors (Lipinski definition) is 5. The monoisotopic (exact) mass is 412 g/mol. The van der Waals surface area contributed by atoms with Gasteiger partial charge in [-0.2, -0.15) is 0 Å². The van der Waals surface area contributed by atoms with Gasteiger partial charge in [0.15, 0.2) is 15.6 Å². The largest absolute Gasteiger partial charge is 0.354 e. The molecular formula is C22H21FN2O3S. The average Bonchev–Trinajstić information content (AvgIpc) is 2.67. The lowest BCUT2D eigenvalue weighted by molar-refractivity contribution is 0.101. The number of hydrogen-bond donors (Lipinski definition) is 0. The summed E-state index contributed by atoms with van der Waals surface area (Å²) < 4.78 is 37.2. The lowest BCUT2D eigenvalue weighted by Gasteiger charge is -2.30. The molecule has 1 aromatic heterocycles. The highest BCUT2D eigenvalue weighted by molar-refractivity contribution is 7.91. The molecule has 0 unspecified atom stereocenters. The molecule has 4 rings (SSSR count). The molecule has 2 heterocycles. The second-order valence-electron chi connectivity index (χ2n) is 7.44. The first kappa shape index (κ1) is 19.5. The number of rotatable bonds is 3. The minimum absolute atomic E-state index is 0.0534. The zero-order chi connectivity index (χ0) is 20.8. The van der Waals surface area contributed by atoms with Crippen molar-refractivity contribution in [1.29, 1.82) is 0 Å². The number of ketones is 1. The van der Waals surface area contributed by atoms with E-state index in [1.54, 1.807) is 12.1 Å². The Labute approximate surface area is 169 Å². The molecule has 7 heteroatoms. The summed E-state index contributed by atoms with van der Waals surface area (Å²) in [6.07, 6.45) is 0. The number of benzene rings is 2. The lowest BCUT2D eigenvalue weighted by atomic mass is 9.97. The molecule has 1 saturated heterocycles. The fraction of sp³-hybridized carbons (Fsp3) is 0.273. The minimum Gasteiger partial charge on any atom is -0.354 e. The zero-order valence-electron chi connectivity index (χ0n) is 16.3. The molecule has 0 saturated carbocycles. The van der Waals surface area contributed by atoms with Crippen LogP contribution in [0.4, 0.5) is 10.2 Å².